The van der Waals surface area contributed by atoms with Crippen molar-refractivity contribution >= 4 is 22.8 Å². The van der Waals surface area contributed by atoms with Gasteiger partial charge in [0.15, 0.2) is 5.43 Å². The fourth-order valence-corrected chi connectivity index (χ4v) is 3.35. The molecular weight excluding hydrogens is 307 g/mol. The van der Waals surface area contributed by atoms with E-state index in [1.165, 1.54) is 24.3 Å². The van der Waals surface area contributed by atoms with Gasteiger partial charge in [-0.2, -0.15) is 0 Å². The Bertz CT molecular complexity index is 1010. The molecule has 2 aromatic rings. The molecule has 0 spiro atoms. The second kappa shape index (κ2) is 5.30. The lowest BCUT2D eigenvalue weighted by atomic mass is 9.91. The SMILES string of the molecule is Cc1[nH]c(/C=C2\C(=O)NC3C=CC(F)=CC23)c2ccc(=O)ccc12. The topological polar surface area (TPSA) is 62.0 Å². The molecule has 0 bridgehead atoms. The van der Waals surface area contributed by atoms with Crippen LogP contribution in [0.1, 0.15) is 11.4 Å². The first-order valence-electron chi connectivity index (χ1n) is 7.73. The number of nitrogens with one attached hydrogen (secondary N) is 2. The van der Waals surface area contributed by atoms with E-state index in [4.69, 9.17) is 0 Å². The lowest BCUT2D eigenvalue weighted by Crippen LogP contribution is -2.27. The van der Waals surface area contributed by atoms with Gasteiger partial charge >= 0.3 is 0 Å². The number of aryl methyl sites for hydroxylation is 1. The van der Waals surface area contributed by atoms with Gasteiger partial charge in [-0.05, 0) is 49.4 Å². The molecule has 120 valence electrons. The van der Waals surface area contributed by atoms with Gasteiger partial charge in [-0.1, -0.05) is 6.08 Å². The van der Waals surface area contributed by atoms with Gasteiger partial charge < -0.3 is 10.3 Å². The normalized spacial score (nSPS) is 24.2. The molecule has 2 aliphatic rings. The summed E-state index contributed by atoms with van der Waals surface area (Å²) in [5, 5.41) is 4.62. The zero-order valence-corrected chi connectivity index (χ0v) is 13.0. The molecule has 1 fully saturated rings. The third-order valence-corrected chi connectivity index (χ3v) is 4.54. The number of fused-ring (bicyclic) bond motifs is 2. The van der Waals surface area contributed by atoms with Crippen LogP contribution in [-0.4, -0.2) is 16.9 Å². The van der Waals surface area contributed by atoms with E-state index in [2.05, 4.69) is 10.3 Å². The van der Waals surface area contributed by atoms with Crippen molar-refractivity contribution in [3.8, 4) is 0 Å². The van der Waals surface area contributed by atoms with Crippen LogP contribution in [0.25, 0.3) is 16.8 Å². The van der Waals surface area contributed by atoms with Crippen molar-refractivity contribution in [1.29, 1.82) is 0 Å². The Labute approximate surface area is 137 Å². The first-order valence-corrected chi connectivity index (χ1v) is 7.73. The summed E-state index contributed by atoms with van der Waals surface area (Å²) in [5.74, 6) is -0.868. The Kier molecular flexibility index (Phi) is 3.23. The maximum atomic E-state index is 13.6. The van der Waals surface area contributed by atoms with Gasteiger partial charge in [0.25, 0.3) is 0 Å². The van der Waals surface area contributed by atoms with Crippen LogP contribution < -0.4 is 10.7 Å². The van der Waals surface area contributed by atoms with Gasteiger partial charge in [-0.15, -0.1) is 0 Å². The molecule has 24 heavy (non-hydrogen) atoms. The largest absolute Gasteiger partial charge is 0.358 e. The van der Waals surface area contributed by atoms with Crippen LogP contribution in [-0.2, 0) is 4.79 Å². The molecule has 2 N–H and O–H groups in total. The molecule has 2 heterocycles. The molecule has 1 saturated heterocycles. The standard InChI is InChI=1S/C19H15FN2O2/c1-10-13-5-3-12(23)4-6-14(13)18(21-10)9-16-15-8-11(20)2-7-17(15)22-19(16)24/h2-9,15,17,21H,1H3,(H,22,24)/b16-9-. The van der Waals surface area contributed by atoms with Crippen molar-refractivity contribution in [1.82, 2.24) is 10.3 Å². The summed E-state index contributed by atoms with van der Waals surface area (Å²) in [6.07, 6.45) is 6.25. The molecule has 1 aliphatic heterocycles. The molecule has 1 amide bonds. The monoisotopic (exact) mass is 322 g/mol. The number of carbonyl (C=O) groups excluding carboxylic acids is 1. The maximum Gasteiger partial charge on any atom is 0.248 e. The van der Waals surface area contributed by atoms with E-state index in [-0.39, 0.29) is 29.1 Å². The summed E-state index contributed by atoms with van der Waals surface area (Å²) in [7, 11) is 0. The zero-order valence-electron chi connectivity index (χ0n) is 13.0. The predicted molar refractivity (Wildman–Crippen MR) is 91.0 cm³/mol. The molecule has 4 nitrogen and oxygen atoms in total. The first kappa shape index (κ1) is 14.6. The number of allylic oxidation sites excluding steroid dienone is 2. The molecule has 1 aromatic heterocycles. The Morgan fingerprint density at radius 2 is 1.88 bits per heavy atom. The average Bonchev–Trinajstić information content (AvgIpc) is 2.91. The van der Waals surface area contributed by atoms with Crippen molar-refractivity contribution in [2.24, 2.45) is 5.92 Å². The lowest BCUT2D eigenvalue weighted by molar-refractivity contribution is -0.116. The number of H-pyrrole nitrogens is 1. The highest BCUT2D eigenvalue weighted by molar-refractivity contribution is 6.04. The quantitative estimate of drug-likeness (QED) is 0.793. The molecule has 1 aliphatic carbocycles. The summed E-state index contributed by atoms with van der Waals surface area (Å²) < 4.78 is 13.6. The van der Waals surface area contributed by atoms with Crippen molar-refractivity contribution in [3.05, 3.63) is 75.5 Å². The van der Waals surface area contributed by atoms with Crippen LogP contribution in [0, 0.1) is 12.8 Å². The molecule has 1 aromatic carbocycles. The molecule has 5 heteroatoms. The van der Waals surface area contributed by atoms with E-state index in [0.717, 1.165) is 22.2 Å². The minimum atomic E-state index is -0.339. The highest BCUT2D eigenvalue weighted by Crippen LogP contribution is 2.33. The minimum absolute atomic E-state index is 0.0784. The van der Waals surface area contributed by atoms with Crippen molar-refractivity contribution < 1.29 is 9.18 Å². The molecule has 2 atom stereocenters. The molecule has 0 saturated carbocycles. The predicted octanol–water partition coefficient (Wildman–Crippen LogP) is 2.76. The maximum absolute atomic E-state index is 13.6. The van der Waals surface area contributed by atoms with Crippen molar-refractivity contribution in [2.75, 3.05) is 0 Å². The van der Waals surface area contributed by atoms with Gasteiger partial charge in [-0.25, -0.2) is 4.39 Å². The Morgan fingerprint density at radius 1 is 1.12 bits per heavy atom. The summed E-state index contributed by atoms with van der Waals surface area (Å²) in [5.41, 5.74) is 2.08. The molecular formula is C19H15FN2O2. The third-order valence-electron chi connectivity index (χ3n) is 4.54. The van der Waals surface area contributed by atoms with Crippen LogP contribution >= 0.6 is 0 Å². The second-order valence-electron chi connectivity index (χ2n) is 6.10. The van der Waals surface area contributed by atoms with Gasteiger partial charge in [0.2, 0.25) is 5.91 Å². The number of hydrogen-bond donors (Lipinski definition) is 2. The average molecular weight is 322 g/mol. The Hall–Kier alpha value is -2.95. The Morgan fingerprint density at radius 3 is 2.67 bits per heavy atom. The number of rotatable bonds is 1. The van der Waals surface area contributed by atoms with Crippen molar-refractivity contribution in [3.63, 3.8) is 0 Å². The van der Waals surface area contributed by atoms with Gasteiger partial charge in [0.1, 0.15) is 5.83 Å². The number of halogens is 1. The second-order valence-corrected chi connectivity index (χ2v) is 6.10. The smallest absolute Gasteiger partial charge is 0.248 e. The van der Waals surface area contributed by atoms with Gasteiger partial charge in [-0.3, -0.25) is 9.59 Å². The van der Waals surface area contributed by atoms with Crippen LogP contribution in [0.3, 0.4) is 0 Å². The third kappa shape index (κ3) is 2.29. The highest BCUT2D eigenvalue weighted by Gasteiger charge is 2.36. The fourth-order valence-electron chi connectivity index (χ4n) is 3.35. The summed E-state index contributed by atoms with van der Waals surface area (Å²) in [6.45, 7) is 1.91. The number of carbonyl (C=O) groups is 1. The van der Waals surface area contributed by atoms with Gasteiger partial charge in [0, 0.05) is 33.7 Å². The molecule has 0 radical (unpaired) electrons. The van der Waals surface area contributed by atoms with Crippen LogP contribution in [0.2, 0.25) is 0 Å². The lowest BCUT2D eigenvalue weighted by Gasteiger charge is -2.15. The first-order chi connectivity index (χ1) is 11.5. The van der Waals surface area contributed by atoms with Crippen LogP contribution in [0.15, 0.2) is 58.7 Å². The number of aromatic nitrogens is 1. The fraction of sp³-hybridized carbons (Fsp3) is 0.158. The Balaban J connectivity index is 1.88. The van der Waals surface area contributed by atoms with E-state index in [1.54, 1.807) is 24.3 Å². The zero-order chi connectivity index (χ0) is 16.8. The summed E-state index contributed by atoms with van der Waals surface area (Å²) in [4.78, 5) is 27.1. The molecule has 4 rings (SSSR count). The van der Waals surface area contributed by atoms with Crippen LogP contribution in [0.4, 0.5) is 4.39 Å². The number of aromatic amines is 1. The highest BCUT2D eigenvalue weighted by atomic mass is 19.1. The van der Waals surface area contributed by atoms with E-state index in [0.29, 0.717) is 5.57 Å². The minimum Gasteiger partial charge on any atom is -0.358 e. The van der Waals surface area contributed by atoms with Gasteiger partial charge in [0.05, 0.1) is 6.04 Å². The van der Waals surface area contributed by atoms with E-state index >= 15 is 0 Å². The van der Waals surface area contributed by atoms with E-state index < -0.39 is 0 Å². The van der Waals surface area contributed by atoms with Crippen LogP contribution in [0.5, 0.6) is 0 Å². The van der Waals surface area contributed by atoms with Crippen molar-refractivity contribution in [2.45, 2.75) is 13.0 Å². The van der Waals surface area contributed by atoms with E-state index in [9.17, 15) is 14.0 Å². The molecule has 2 unspecified atom stereocenters. The van der Waals surface area contributed by atoms with E-state index in [1.807, 2.05) is 6.92 Å². The number of hydrogen-bond acceptors (Lipinski definition) is 2. The number of amides is 1. The summed E-state index contributed by atoms with van der Waals surface area (Å²) in [6, 6.07) is 6.32. The summed E-state index contributed by atoms with van der Waals surface area (Å²) >= 11 is 0.